The Hall–Kier alpha value is 0.360. The number of carbonyl (C=O) groups excluding carboxylic acids is 1. The molecule has 0 rings (SSSR count). The molecule has 92 valence electrons. The van der Waals surface area contributed by atoms with Crippen LogP contribution in [0.3, 0.4) is 0 Å². The summed E-state index contributed by atoms with van der Waals surface area (Å²) in [4.78, 5) is 11.5. The fraction of sp³-hybridized carbons (Fsp3) is 0.917. The van der Waals surface area contributed by atoms with Crippen LogP contribution >= 0.6 is 0 Å². The maximum atomic E-state index is 11.5. The van der Waals surface area contributed by atoms with Gasteiger partial charge in [-0.15, -0.1) is 0 Å². The van der Waals surface area contributed by atoms with Crippen molar-refractivity contribution >= 4 is 5.78 Å². The van der Waals surface area contributed by atoms with Crippen LogP contribution in [0.25, 0.3) is 0 Å². The summed E-state index contributed by atoms with van der Waals surface area (Å²) >= 11 is 0. The molecule has 0 amide bonds. The van der Waals surface area contributed by atoms with Gasteiger partial charge in [-0.2, -0.15) is 0 Å². The average molecular weight is 327 g/mol. The lowest BCUT2D eigenvalue weighted by atomic mass is 9.82. The number of rotatable bonds is 4. The quantitative estimate of drug-likeness (QED) is 0.495. The van der Waals surface area contributed by atoms with Gasteiger partial charge in [0.2, 0.25) is 0 Å². The highest BCUT2D eigenvalue weighted by molar-refractivity contribution is 5.78. The molecule has 0 aromatic carbocycles. The van der Waals surface area contributed by atoms with Crippen molar-refractivity contribution in [3.05, 3.63) is 0 Å². The summed E-state index contributed by atoms with van der Waals surface area (Å²) in [6.45, 7) is 9.23. The summed E-state index contributed by atoms with van der Waals surface area (Å²) in [6.07, 6.45) is 0.984. The molecule has 0 aromatic rings. The molecule has 2 nitrogen and oxygen atoms in total. The Bertz CT molecular complexity index is 185. The fourth-order valence-electron chi connectivity index (χ4n) is 1.74. The van der Waals surface area contributed by atoms with E-state index >= 15 is 0 Å². The molecule has 0 spiro atoms. The van der Waals surface area contributed by atoms with Crippen molar-refractivity contribution in [1.29, 1.82) is 0 Å². The number of Topliss-reactive ketones (excluding diaryl/α,β-unsaturated/α-hetero) is 1. The van der Waals surface area contributed by atoms with Crippen LogP contribution in [0.5, 0.6) is 0 Å². The van der Waals surface area contributed by atoms with E-state index in [-0.39, 0.29) is 35.3 Å². The van der Waals surface area contributed by atoms with E-state index in [0.29, 0.717) is 5.78 Å². The minimum Gasteiger partial charge on any atom is -1.00 e. The van der Waals surface area contributed by atoms with Gasteiger partial charge in [-0.25, -0.2) is 0 Å². The van der Waals surface area contributed by atoms with Crippen LogP contribution in [0.2, 0.25) is 0 Å². The standard InChI is InChI=1S/C12H26NO.HI/c1-10(14)11(8-12(2,3)4)9-13(5,6)7;/h11H,8-9H2,1-7H3;1H/q+1;/p-1. The molecule has 0 fully saturated rings. The molecule has 0 saturated heterocycles. The summed E-state index contributed by atoms with van der Waals surface area (Å²) < 4.78 is 0.861. The number of nitrogens with zero attached hydrogens (tertiary/aromatic N) is 1. The van der Waals surface area contributed by atoms with Gasteiger partial charge in [-0.1, -0.05) is 20.8 Å². The first-order chi connectivity index (χ1) is 6.01. The molecule has 0 aromatic heterocycles. The van der Waals surface area contributed by atoms with E-state index in [4.69, 9.17) is 0 Å². The second kappa shape index (κ2) is 6.18. The molecule has 0 N–H and O–H groups in total. The fourth-order valence-corrected chi connectivity index (χ4v) is 1.74. The Balaban J connectivity index is 0. The van der Waals surface area contributed by atoms with Crippen molar-refractivity contribution < 1.29 is 33.3 Å². The van der Waals surface area contributed by atoms with Gasteiger partial charge in [0.05, 0.1) is 33.6 Å². The Morgan fingerprint density at radius 2 is 1.60 bits per heavy atom. The Labute approximate surface area is 112 Å². The lowest BCUT2D eigenvalue weighted by Gasteiger charge is -2.31. The predicted molar refractivity (Wildman–Crippen MR) is 61.1 cm³/mol. The summed E-state index contributed by atoms with van der Waals surface area (Å²) in [7, 11) is 6.41. The lowest BCUT2D eigenvalue weighted by molar-refractivity contribution is -0.872. The van der Waals surface area contributed by atoms with E-state index < -0.39 is 0 Å². The van der Waals surface area contributed by atoms with Crippen LogP contribution in [-0.4, -0.2) is 38.0 Å². The third-order valence-electron chi connectivity index (χ3n) is 2.20. The topological polar surface area (TPSA) is 17.1 Å². The molecule has 0 saturated carbocycles. The lowest BCUT2D eigenvalue weighted by Crippen LogP contribution is -3.00. The van der Waals surface area contributed by atoms with Gasteiger partial charge in [-0.3, -0.25) is 4.79 Å². The maximum Gasteiger partial charge on any atom is 0.138 e. The van der Waals surface area contributed by atoms with Crippen molar-refractivity contribution in [2.45, 2.75) is 34.1 Å². The molecule has 0 aliphatic rings. The molecule has 0 bridgehead atoms. The van der Waals surface area contributed by atoms with Crippen LogP contribution in [-0.2, 0) is 4.79 Å². The third kappa shape index (κ3) is 10.6. The maximum absolute atomic E-state index is 11.5. The van der Waals surface area contributed by atoms with Crippen LogP contribution in [0, 0.1) is 11.3 Å². The van der Waals surface area contributed by atoms with Gasteiger partial charge in [0.25, 0.3) is 0 Å². The van der Waals surface area contributed by atoms with E-state index in [0.717, 1.165) is 17.4 Å². The highest BCUT2D eigenvalue weighted by Gasteiger charge is 2.27. The zero-order valence-electron chi connectivity index (χ0n) is 11.2. The van der Waals surface area contributed by atoms with Crippen LogP contribution in [0.4, 0.5) is 0 Å². The van der Waals surface area contributed by atoms with Gasteiger partial charge in [0.1, 0.15) is 5.78 Å². The second-order valence-corrected chi connectivity index (χ2v) is 6.55. The van der Waals surface area contributed by atoms with Gasteiger partial charge < -0.3 is 28.5 Å². The Morgan fingerprint density at radius 1 is 1.20 bits per heavy atom. The zero-order valence-corrected chi connectivity index (χ0v) is 13.4. The summed E-state index contributed by atoms with van der Waals surface area (Å²) in [6, 6.07) is 0. The molecule has 0 radical (unpaired) electrons. The second-order valence-electron chi connectivity index (χ2n) is 6.55. The normalized spacial score (nSPS) is 14.3. The molecular weight excluding hydrogens is 301 g/mol. The van der Waals surface area contributed by atoms with Crippen LogP contribution in [0.1, 0.15) is 34.1 Å². The van der Waals surface area contributed by atoms with E-state index in [1.54, 1.807) is 6.92 Å². The van der Waals surface area contributed by atoms with Crippen molar-refractivity contribution in [3.8, 4) is 0 Å². The number of ketones is 1. The van der Waals surface area contributed by atoms with Crippen molar-refractivity contribution in [2.24, 2.45) is 11.3 Å². The number of hydrogen-bond donors (Lipinski definition) is 0. The molecule has 3 heteroatoms. The highest BCUT2D eigenvalue weighted by Crippen LogP contribution is 2.26. The molecule has 1 unspecified atom stereocenters. The smallest absolute Gasteiger partial charge is 0.138 e. The molecule has 0 aliphatic heterocycles. The van der Waals surface area contributed by atoms with Gasteiger partial charge in [0.15, 0.2) is 0 Å². The van der Waals surface area contributed by atoms with Gasteiger partial charge in [-0.05, 0) is 18.8 Å². The molecular formula is C12H26INO. The number of quaternary nitrogens is 1. The minimum absolute atomic E-state index is 0. The first kappa shape index (κ1) is 17.7. The molecule has 0 aliphatic carbocycles. The first-order valence-electron chi connectivity index (χ1n) is 5.32. The van der Waals surface area contributed by atoms with E-state index in [1.807, 2.05) is 0 Å². The largest absolute Gasteiger partial charge is 1.00 e. The van der Waals surface area contributed by atoms with Crippen LogP contribution < -0.4 is 24.0 Å². The predicted octanol–water partition coefficient (Wildman–Crippen LogP) is -0.662. The summed E-state index contributed by atoms with van der Waals surface area (Å²) in [5.41, 5.74) is 0.242. The third-order valence-corrected chi connectivity index (χ3v) is 2.20. The van der Waals surface area contributed by atoms with Crippen molar-refractivity contribution in [1.82, 2.24) is 0 Å². The SMILES string of the molecule is CC(=O)C(CC(C)(C)C)C[N+](C)(C)C.[I-]. The number of carbonyl (C=O) groups is 1. The molecule has 15 heavy (non-hydrogen) atoms. The minimum atomic E-state index is 0. The average Bonchev–Trinajstić information content (AvgIpc) is 1.78. The zero-order chi connectivity index (χ0) is 11.6. The van der Waals surface area contributed by atoms with Crippen molar-refractivity contribution in [2.75, 3.05) is 27.7 Å². The van der Waals surface area contributed by atoms with E-state index in [2.05, 4.69) is 41.9 Å². The summed E-state index contributed by atoms with van der Waals surface area (Å²) in [5, 5.41) is 0. The molecule has 0 heterocycles. The highest BCUT2D eigenvalue weighted by atomic mass is 127. The van der Waals surface area contributed by atoms with Crippen molar-refractivity contribution in [3.63, 3.8) is 0 Å². The van der Waals surface area contributed by atoms with Gasteiger partial charge in [0, 0.05) is 0 Å². The Kier molecular flexibility index (Phi) is 7.31. The van der Waals surface area contributed by atoms with Gasteiger partial charge >= 0.3 is 0 Å². The Morgan fingerprint density at radius 3 is 1.80 bits per heavy atom. The monoisotopic (exact) mass is 327 g/mol. The number of hydrogen-bond acceptors (Lipinski definition) is 1. The molecule has 1 atom stereocenters. The first-order valence-corrected chi connectivity index (χ1v) is 5.32. The summed E-state index contributed by atoms with van der Waals surface area (Å²) in [5.74, 6) is 0.531. The van der Waals surface area contributed by atoms with E-state index in [9.17, 15) is 4.79 Å². The van der Waals surface area contributed by atoms with Crippen LogP contribution in [0.15, 0.2) is 0 Å². The number of halogens is 1. The van der Waals surface area contributed by atoms with E-state index in [1.165, 1.54) is 0 Å².